The fourth-order valence-electron chi connectivity index (χ4n) is 1.67. The molecule has 0 spiro atoms. The molecule has 0 aliphatic carbocycles. The molecule has 0 saturated heterocycles. The van der Waals surface area contributed by atoms with E-state index < -0.39 is 0 Å². The first-order chi connectivity index (χ1) is 8.99. The van der Waals surface area contributed by atoms with E-state index in [0.717, 1.165) is 15.7 Å². The summed E-state index contributed by atoms with van der Waals surface area (Å²) in [7, 11) is 0. The van der Waals surface area contributed by atoms with Crippen molar-refractivity contribution >= 4 is 11.8 Å². The fourth-order valence-corrected chi connectivity index (χ4v) is 2.43. The Kier molecular flexibility index (Phi) is 4.22. The highest BCUT2D eigenvalue weighted by Gasteiger charge is 2.13. The highest BCUT2D eigenvalue weighted by molar-refractivity contribution is 7.99. The predicted octanol–water partition coefficient (Wildman–Crippen LogP) is 3.38. The molecule has 3 nitrogen and oxygen atoms in total. The zero-order valence-electron chi connectivity index (χ0n) is 11.6. The van der Waals surface area contributed by atoms with Crippen LogP contribution in [0.25, 0.3) is 0 Å². The molecule has 0 bridgehead atoms. The van der Waals surface area contributed by atoms with Gasteiger partial charge in [-0.1, -0.05) is 32.9 Å². The van der Waals surface area contributed by atoms with Crippen LogP contribution in [0.2, 0.25) is 0 Å². The van der Waals surface area contributed by atoms with E-state index >= 15 is 0 Å². The van der Waals surface area contributed by atoms with Crippen molar-refractivity contribution in [2.24, 2.45) is 5.73 Å². The summed E-state index contributed by atoms with van der Waals surface area (Å²) in [6, 6.07) is 10.4. The average molecular weight is 273 g/mol. The molecule has 1 aromatic heterocycles. The largest absolute Gasteiger partial charge is 0.325 e. The number of hydrogen-bond acceptors (Lipinski definition) is 4. The molecule has 0 aliphatic heterocycles. The second kappa shape index (κ2) is 5.72. The highest BCUT2D eigenvalue weighted by atomic mass is 32.2. The Morgan fingerprint density at radius 2 is 1.79 bits per heavy atom. The Morgan fingerprint density at radius 3 is 2.37 bits per heavy atom. The molecule has 0 aliphatic rings. The highest BCUT2D eigenvalue weighted by Crippen LogP contribution is 2.28. The summed E-state index contributed by atoms with van der Waals surface area (Å²) in [5, 5.41) is 0.742. The van der Waals surface area contributed by atoms with Crippen LogP contribution in [-0.2, 0) is 12.0 Å². The van der Waals surface area contributed by atoms with Crippen molar-refractivity contribution in [1.29, 1.82) is 0 Å². The number of nitrogens with two attached hydrogens (primary N) is 1. The minimum Gasteiger partial charge on any atom is -0.325 e. The zero-order chi connectivity index (χ0) is 13.9. The number of aromatic nitrogens is 2. The lowest BCUT2D eigenvalue weighted by molar-refractivity contribution is 0.590. The molecule has 1 aromatic carbocycles. The molecule has 0 radical (unpaired) electrons. The van der Waals surface area contributed by atoms with E-state index in [1.807, 2.05) is 6.07 Å². The van der Waals surface area contributed by atoms with Crippen LogP contribution in [0.3, 0.4) is 0 Å². The molecule has 19 heavy (non-hydrogen) atoms. The van der Waals surface area contributed by atoms with Gasteiger partial charge in [-0.2, -0.15) is 0 Å². The molecule has 0 amide bonds. The van der Waals surface area contributed by atoms with Gasteiger partial charge in [-0.25, -0.2) is 9.97 Å². The second-order valence-electron chi connectivity index (χ2n) is 5.41. The van der Waals surface area contributed by atoms with Gasteiger partial charge in [0.1, 0.15) is 0 Å². The van der Waals surface area contributed by atoms with Crippen LogP contribution in [0.15, 0.2) is 46.6 Å². The Labute approximate surface area is 118 Å². The maximum atomic E-state index is 5.58. The molecule has 4 heteroatoms. The van der Waals surface area contributed by atoms with Crippen LogP contribution in [-0.4, -0.2) is 9.97 Å². The topological polar surface area (TPSA) is 51.8 Å². The van der Waals surface area contributed by atoms with Crippen molar-refractivity contribution in [2.75, 3.05) is 0 Å². The van der Waals surface area contributed by atoms with Crippen LogP contribution in [0.1, 0.15) is 32.0 Å². The van der Waals surface area contributed by atoms with Gasteiger partial charge in [0.15, 0.2) is 5.16 Å². The lowest BCUT2D eigenvalue weighted by Crippen LogP contribution is -2.10. The van der Waals surface area contributed by atoms with Crippen LogP contribution in [0.4, 0.5) is 0 Å². The van der Waals surface area contributed by atoms with E-state index in [2.05, 4.69) is 55.0 Å². The Bertz CT molecular complexity index is 544. The smallest absolute Gasteiger partial charge is 0.192 e. The molecular weight excluding hydrogens is 254 g/mol. The molecule has 100 valence electrons. The molecule has 0 atom stereocenters. The van der Waals surface area contributed by atoms with Gasteiger partial charge >= 0.3 is 0 Å². The summed E-state index contributed by atoms with van der Waals surface area (Å²) in [4.78, 5) is 9.78. The molecule has 0 saturated carbocycles. The van der Waals surface area contributed by atoms with E-state index in [1.165, 1.54) is 5.56 Å². The van der Waals surface area contributed by atoms with E-state index in [4.69, 9.17) is 5.73 Å². The van der Waals surface area contributed by atoms with Crippen molar-refractivity contribution in [1.82, 2.24) is 9.97 Å². The van der Waals surface area contributed by atoms with Gasteiger partial charge in [0.2, 0.25) is 0 Å². The maximum absolute atomic E-state index is 5.58. The first-order valence-electron chi connectivity index (χ1n) is 6.29. The quantitative estimate of drug-likeness (QED) is 0.871. The van der Waals surface area contributed by atoms with Gasteiger partial charge in [0.05, 0.1) is 5.69 Å². The first kappa shape index (κ1) is 14.0. The Hall–Kier alpha value is -1.39. The van der Waals surface area contributed by atoms with Crippen molar-refractivity contribution in [3.05, 3.63) is 47.8 Å². The maximum Gasteiger partial charge on any atom is 0.192 e. The van der Waals surface area contributed by atoms with Crippen molar-refractivity contribution in [3.8, 4) is 0 Å². The summed E-state index contributed by atoms with van der Waals surface area (Å²) >= 11 is 1.56. The summed E-state index contributed by atoms with van der Waals surface area (Å²) in [5.74, 6) is 0. The third-order valence-electron chi connectivity index (χ3n) is 2.83. The standard InChI is InChI=1S/C15H19N3S/c1-15(2,3)11-4-6-13(7-5-11)19-14-17-9-8-12(10-16)18-14/h4-9H,10,16H2,1-3H3. The monoisotopic (exact) mass is 273 g/mol. The van der Waals surface area contributed by atoms with E-state index in [0.29, 0.717) is 6.54 Å². The van der Waals surface area contributed by atoms with Gasteiger partial charge in [-0.15, -0.1) is 0 Å². The van der Waals surface area contributed by atoms with Crippen LogP contribution in [0, 0.1) is 0 Å². The van der Waals surface area contributed by atoms with Gasteiger partial charge in [0, 0.05) is 17.6 Å². The predicted molar refractivity (Wildman–Crippen MR) is 79.2 cm³/mol. The molecule has 2 rings (SSSR count). The van der Waals surface area contributed by atoms with Crippen molar-refractivity contribution < 1.29 is 0 Å². The van der Waals surface area contributed by atoms with E-state index in [1.54, 1.807) is 18.0 Å². The van der Waals surface area contributed by atoms with Crippen molar-refractivity contribution in [3.63, 3.8) is 0 Å². The lowest BCUT2D eigenvalue weighted by Gasteiger charge is -2.18. The van der Waals surface area contributed by atoms with Crippen LogP contribution in [0.5, 0.6) is 0 Å². The van der Waals surface area contributed by atoms with Gasteiger partial charge < -0.3 is 5.73 Å². The summed E-state index contributed by atoms with van der Waals surface area (Å²) in [6.45, 7) is 7.08. The first-order valence-corrected chi connectivity index (χ1v) is 7.11. The summed E-state index contributed by atoms with van der Waals surface area (Å²) < 4.78 is 0. The van der Waals surface area contributed by atoms with Gasteiger partial charge in [0.25, 0.3) is 0 Å². The van der Waals surface area contributed by atoms with E-state index in [-0.39, 0.29) is 5.41 Å². The third-order valence-corrected chi connectivity index (χ3v) is 3.72. The Balaban J connectivity index is 2.15. The van der Waals surface area contributed by atoms with Gasteiger partial charge in [-0.05, 0) is 40.9 Å². The minimum atomic E-state index is 0.180. The normalized spacial score (nSPS) is 11.6. The molecule has 2 N–H and O–H groups in total. The number of benzene rings is 1. The van der Waals surface area contributed by atoms with Crippen LogP contribution >= 0.6 is 11.8 Å². The molecule has 2 aromatic rings. The lowest BCUT2D eigenvalue weighted by atomic mass is 9.87. The summed E-state index contributed by atoms with van der Waals surface area (Å²) in [6.07, 6.45) is 1.75. The third kappa shape index (κ3) is 3.78. The summed E-state index contributed by atoms with van der Waals surface area (Å²) in [5.41, 5.74) is 7.95. The SMILES string of the molecule is CC(C)(C)c1ccc(Sc2nccc(CN)n2)cc1. The van der Waals surface area contributed by atoms with Gasteiger partial charge in [-0.3, -0.25) is 0 Å². The molecule has 0 unspecified atom stereocenters. The number of hydrogen-bond donors (Lipinski definition) is 1. The average Bonchev–Trinajstić information content (AvgIpc) is 2.38. The molecule has 1 heterocycles. The Morgan fingerprint density at radius 1 is 1.11 bits per heavy atom. The molecule has 0 fully saturated rings. The fraction of sp³-hybridized carbons (Fsp3) is 0.333. The zero-order valence-corrected chi connectivity index (χ0v) is 12.4. The number of rotatable bonds is 3. The van der Waals surface area contributed by atoms with E-state index in [9.17, 15) is 0 Å². The van der Waals surface area contributed by atoms with Crippen LogP contribution < -0.4 is 5.73 Å². The molecular formula is C15H19N3S. The number of nitrogens with zero attached hydrogens (tertiary/aromatic N) is 2. The minimum absolute atomic E-state index is 0.180. The second-order valence-corrected chi connectivity index (χ2v) is 6.45. The van der Waals surface area contributed by atoms with Crippen molar-refractivity contribution in [2.45, 2.75) is 42.8 Å².